The first kappa shape index (κ1) is 24.2. The zero-order chi connectivity index (χ0) is 25.3. The zero-order valence-corrected chi connectivity index (χ0v) is 20.9. The van der Waals surface area contributed by atoms with Crippen LogP contribution in [0.4, 0.5) is 0 Å². The molecular formula is C26H23ClN2O6S. The quantitative estimate of drug-likeness (QED) is 0.357. The van der Waals surface area contributed by atoms with E-state index >= 15 is 0 Å². The molecule has 1 aliphatic rings. The molecule has 186 valence electrons. The summed E-state index contributed by atoms with van der Waals surface area (Å²) in [4.78, 5) is 15.8. The van der Waals surface area contributed by atoms with Gasteiger partial charge in [0.15, 0.2) is 11.5 Å². The van der Waals surface area contributed by atoms with Gasteiger partial charge in [0.1, 0.15) is 5.75 Å². The van der Waals surface area contributed by atoms with Crippen LogP contribution in [0, 0.1) is 0 Å². The topological polar surface area (TPSA) is 97.9 Å². The van der Waals surface area contributed by atoms with Crippen molar-refractivity contribution in [1.82, 2.24) is 9.29 Å². The van der Waals surface area contributed by atoms with Crippen molar-refractivity contribution >= 4 is 32.5 Å². The van der Waals surface area contributed by atoms with Gasteiger partial charge in [0.05, 0.1) is 11.5 Å². The van der Waals surface area contributed by atoms with Gasteiger partial charge in [-0.1, -0.05) is 17.7 Å². The summed E-state index contributed by atoms with van der Waals surface area (Å²) in [5, 5.41) is 1.16. The Morgan fingerprint density at radius 3 is 2.53 bits per heavy atom. The second-order valence-electron chi connectivity index (χ2n) is 8.22. The van der Waals surface area contributed by atoms with Crippen LogP contribution in [-0.2, 0) is 23.1 Å². The summed E-state index contributed by atoms with van der Waals surface area (Å²) >= 11 is 5.98. The highest BCUT2D eigenvalue weighted by atomic mass is 35.5. The fourth-order valence-corrected chi connectivity index (χ4v) is 5.55. The van der Waals surface area contributed by atoms with Gasteiger partial charge in [-0.15, -0.1) is 0 Å². The average molecular weight is 527 g/mol. The second-order valence-corrected chi connectivity index (χ2v) is 10.6. The number of rotatable bonds is 8. The molecule has 2 heterocycles. The molecule has 0 amide bonds. The van der Waals surface area contributed by atoms with Crippen molar-refractivity contribution in [3.05, 3.63) is 93.2 Å². The molecule has 0 saturated carbocycles. The molecule has 4 aromatic rings. The van der Waals surface area contributed by atoms with Crippen molar-refractivity contribution in [3.8, 4) is 17.2 Å². The monoisotopic (exact) mass is 526 g/mol. The molecule has 0 fully saturated rings. The fourth-order valence-electron chi connectivity index (χ4n) is 4.02. The van der Waals surface area contributed by atoms with Gasteiger partial charge in [0.2, 0.25) is 16.8 Å². The molecule has 1 aliphatic heterocycles. The summed E-state index contributed by atoms with van der Waals surface area (Å²) in [5.74, 6) is 1.80. The van der Waals surface area contributed by atoms with Crippen LogP contribution in [0.2, 0.25) is 5.02 Å². The number of H-pyrrole nitrogens is 1. The van der Waals surface area contributed by atoms with E-state index in [1.807, 2.05) is 13.0 Å². The van der Waals surface area contributed by atoms with Crippen LogP contribution < -0.4 is 19.8 Å². The number of hydrogen-bond acceptors (Lipinski definition) is 6. The van der Waals surface area contributed by atoms with Crippen LogP contribution in [0.15, 0.2) is 76.4 Å². The molecule has 0 saturated heterocycles. The van der Waals surface area contributed by atoms with Crippen molar-refractivity contribution < 1.29 is 22.6 Å². The first-order chi connectivity index (χ1) is 17.3. The van der Waals surface area contributed by atoms with Gasteiger partial charge in [-0.3, -0.25) is 4.79 Å². The van der Waals surface area contributed by atoms with E-state index in [-0.39, 0.29) is 30.3 Å². The summed E-state index contributed by atoms with van der Waals surface area (Å²) in [6.07, 6.45) is 0. The van der Waals surface area contributed by atoms with Crippen LogP contribution in [-0.4, -0.2) is 31.1 Å². The lowest BCUT2D eigenvalue weighted by molar-refractivity contribution is 0.174. The number of aromatic amines is 1. The van der Waals surface area contributed by atoms with E-state index in [1.165, 1.54) is 28.6 Å². The number of benzene rings is 3. The summed E-state index contributed by atoms with van der Waals surface area (Å²) in [5.41, 5.74) is 1.26. The van der Waals surface area contributed by atoms with Crippen molar-refractivity contribution in [1.29, 1.82) is 0 Å². The molecule has 5 rings (SSSR count). The third-order valence-corrected chi connectivity index (χ3v) is 7.86. The summed E-state index contributed by atoms with van der Waals surface area (Å²) < 4.78 is 45.0. The molecule has 1 N–H and O–H groups in total. The third-order valence-electron chi connectivity index (χ3n) is 5.80. The van der Waals surface area contributed by atoms with E-state index < -0.39 is 10.0 Å². The number of fused-ring (bicyclic) bond motifs is 2. The first-order valence-electron chi connectivity index (χ1n) is 11.3. The molecule has 0 spiro atoms. The van der Waals surface area contributed by atoms with Crippen LogP contribution in [0.1, 0.15) is 18.1 Å². The van der Waals surface area contributed by atoms with Gasteiger partial charge in [-0.25, -0.2) is 8.42 Å². The molecule has 1 aromatic heterocycles. The van der Waals surface area contributed by atoms with Gasteiger partial charge in [-0.2, -0.15) is 4.31 Å². The minimum absolute atomic E-state index is 0.0120. The molecule has 0 bridgehead atoms. The maximum Gasteiger partial charge on any atom is 0.252 e. The van der Waals surface area contributed by atoms with E-state index in [0.29, 0.717) is 45.5 Å². The van der Waals surface area contributed by atoms with Crippen LogP contribution in [0.5, 0.6) is 17.2 Å². The molecule has 3 aromatic carbocycles. The summed E-state index contributed by atoms with van der Waals surface area (Å²) in [7, 11) is -3.99. The Balaban J connectivity index is 1.55. The maximum atomic E-state index is 13.7. The van der Waals surface area contributed by atoms with Crippen LogP contribution >= 0.6 is 11.6 Å². The Morgan fingerprint density at radius 2 is 1.75 bits per heavy atom. The van der Waals surface area contributed by atoms with Gasteiger partial charge in [0, 0.05) is 34.6 Å². The fraction of sp³-hybridized carbons (Fsp3) is 0.192. The Kier molecular flexibility index (Phi) is 6.61. The Morgan fingerprint density at radius 1 is 0.972 bits per heavy atom. The minimum Gasteiger partial charge on any atom is -0.494 e. The van der Waals surface area contributed by atoms with E-state index in [0.717, 1.165) is 5.39 Å². The van der Waals surface area contributed by atoms with Crippen molar-refractivity contribution in [2.24, 2.45) is 0 Å². The third kappa shape index (κ3) is 4.90. The van der Waals surface area contributed by atoms with E-state index in [9.17, 15) is 13.2 Å². The standard InChI is InChI=1S/C26H23ClN2O6S/c1-2-33-21-6-9-23-18(13-21)12-19(26(30)28-23)15-29(36(31,32)22-7-4-20(27)5-8-22)14-17-3-10-24-25(11-17)35-16-34-24/h3-13H,2,14-16H2,1H3,(H,28,30). The lowest BCUT2D eigenvalue weighted by Gasteiger charge is -2.22. The van der Waals surface area contributed by atoms with Crippen molar-refractivity contribution in [2.75, 3.05) is 13.4 Å². The summed E-state index contributed by atoms with van der Waals surface area (Å²) in [6.45, 7) is 2.37. The van der Waals surface area contributed by atoms with E-state index in [4.69, 9.17) is 25.8 Å². The predicted octanol–water partition coefficient (Wildman–Crippen LogP) is 4.70. The lowest BCUT2D eigenvalue weighted by atomic mass is 10.1. The predicted molar refractivity (Wildman–Crippen MR) is 136 cm³/mol. The maximum absolute atomic E-state index is 13.7. The molecule has 10 heteroatoms. The minimum atomic E-state index is -3.99. The Bertz CT molecular complexity index is 1580. The average Bonchev–Trinajstić information content (AvgIpc) is 3.33. The molecule has 0 unspecified atom stereocenters. The molecule has 0 atom stereocenters. The first-order valence-corrected chi connectivity index (χ1v) is 13.1. The molecule has 8 nitrogen and oxygen atoms in total. The highest BCUT2D eigenvalue weighted by Crippen LogP contribution is 2.33. The smallest absolute Gasteiger partial charge is 0.252 e. The van der Waals surface area contributed by atoms with Crippen LogP contribution in [0.3, 0.4) is 0 Å². The van der Waals surface area contributed by atoms with Gasteiger partial charge in [-0.05, 0) is 73.2 Å². The lowest BCUT2D eigenvalue weighted by Crippen LogP contribution is -2.32. The number of halogens is 1. The molecular weight excluding hydrogens is 504 g/mol. The normalized spacial score (nSPS) is 12.9. The van der Waals surface area contributed by atoms with E-state index in [2.05, 4.69) is 4.98 Å². The highest BCUT2D eigenvalue weighted by molar-refractivity contribution is 7.89. The molecule has 0 radical (unpaired) electrons. The Hall–Kier alpha value is -3.53. The number of nitrogens with one attached hydrogen (secondary N) is 1. The summed E-state index contributed by atoms with van der Waals surface area (Å²) in [6, 6.07) is 18.2. The van der Waals surface area contributed by atoms with Crippen LogP contribution in [0.25, 0.3) is 10.9 Å². The highest BCUT2D eigenvalue weighted by Gasteiger charge is 2.27. The Labute approximate surface area is 213 Å². The van der Waals surface area contributed by atoms with Crippen molar-refractivity contribution in [3.63, 3.8) is 0 Å². The number of nitrogens with zero attached hydrogens (tertiary/aromatic N) is 1. The van der Waals surface area contributed by atoms with Gasteiger partial charge in [0.25, 0.3) is 5.56 Å². The van der Waals surface area contributed by atoms with Crippen molar-refractivity contribution in [2.45, 2.75) is 24.9 Å². The number of aromatic nitrogens is 1. The van der Waals surface area contributed by atoms with Gasteiger partial charge >= 0.3 is 0 Å². The van der Waals surface area contributed by atoms with Gasteiger partial charge < -0.3 is 19.2 Å². The molecule has 36 heavy (non-hydrogen) atoms. The SMILES string of the molecule is CCOc1ccc2[nH]c(=O)c(CN(Cc3ccc4c(c3)OCO4)S(=O)(=O)c3ccc(Cl)cc3)cc2c1. The number of pyridine rings is 1. The number of sulfonamides is 1. The molecule has 0 aliphatic carbocycles. The number of hydrogen-bond donors (Lipinski definition) is 1. The van der Waals surface area contributed by atoms with E-state index in [1.54, 1.807) is 36.4 Å². The number of ether oxygens (including phenoxy) is 3. The second kappa shape index (κ2) is 9.85. The largest absolute Gasteiger partial charge is 0.494 e. The zero-order valence-electron chi connectivity index (χ0n) is 19.4.